The van der Waals surface area contributed by atoms with Crippen molar-refractivity contribution in [3.8, 4) is 0 Å². The minimum atomic E-state index is 0.295. The van der Waals surface area contributed by atoms with E-state index in [4.69, 9.17) is 5.84 Å². The molecule has 1 aromatic rings. The number of rotatable bonds is 10. The van der Waals surface area contributed by atoms with Gasteiger partial charge < -0.3 is 0 Å². The Kier molecular flexibility index (Phi) is 8.56. The van der Waals surface area contributed by atoms with Crippen LogP contribution >= 0.6 is 0 Å². The summed E-state index contributed by atoms with van der Waals surface area (Å²) < 4.78 is 0. The molecule has 114 valence electrons. The van der Waals surface area contributed by atoms with Gasteiger partial charge in [-0.15, -0.1) is 0 Å². The average Bonchev–Trinajstić information content (AvgIpc) is 2.42. The molecule has 0 heterocycles. The van der Waals surface area contributed by atoms with Gasteiger partial charge in [0.1, 0.15) is 0 Å². The van der Waals surface area contributed by atoms with Crippen molar-refractivity contribution >= 4 is 0 Å². The van der Waals surface area contributed by atoms with Crippen LogP contribution in [0.25, 0.3) is 0 Å². The summed E-state index contributed by atoms with van der Waals surface area (Å²) in [5.74, 6) is 6.44. The van der Waals surface area contributed by atoms with Crippen LogP contribution in [0.2, 0.25) is 0 Å². The first-order valence-corrected chi connectivity index (χ1v) is 8.22. The van der Waals surface area contributed by atoms with Crippen molar-refractivity contribution in [2.24, 2.45) is 11.8 Å². The van der Waals surface area contributed by atoms with E-state index in [0.717, 1.165) is 12.8 Å². The van der Waals surface area contributed by atoms with Gasteiger partial charge in [0.25, 0.3) is 0 Å². The molecule has 20 heavy (non-hydrogen) atoms. The van der Waals surface area contributed by atoms with E-state index in [1.165, 1.54) is 43.2 Å². The van der Waals surface area contributed by atoms with E-state index in [0.29, 0.717) is 12.0 Å². The van der Waals surface area contributed by atoms with Gasteiger partial charge in [0, 0.05) is 6.04 Å². The molecule has 0 amide bonds. The van der Waals surface area contributed by atoms with Gasteiger partial charge >= 0.3 is 0 Å². The van der Waals surface area contributed by atoms with Gasteiger partial charge in [0.15, 0.2) is 0 Å². The predicted molar refractivity (Wildman–Crippen MR) is 88.4 cm³/mol. The molecule has 0 aromatic heterocycles. The highest BCUT2D eigenvalue weighted by Crippen LogP contribution is 2.21. The lowest BCUT2D eigenvalue weighted by molar-refractivity contribution is 0.478. The Morgan fingerprint density at radius 1 is 1.10 bits per heavy atom. The molecule has 0 radical (unpaired) electrons. The number of benzene rings is 1. The zero-order chi connectivity index (χ0) is 14.8. The number of hydrogen-bond donors (Lipinski definition) is 2. The molecule has 3 N–H and O–H groups in total. The van der Waals surface area contributed by atoms with Gasteiger partial charge in [0.05, 0.1) is 0 Å². The highest BCUT2D eigenvalue weighted by atomic mass is 15.2. The minimum absolute atomic E-state index is 0.295. The molecule has 1 rings (SSSR count). The van der Waals surface area contributed by atoms with Gasteiger partial charge in [-0.3, -0.25) is 11.3 Å². The largest absolute Gasteiger partial charge is 0.271 e. The normalized spacial score (nSPS) is 12.8. The van der Waals surface area contributed by atoms with Crippen LogP contribution < -0.4 is 11.3 Å². The smallest absolute Gasteiger partial charge is 0.0460 e. The molecule has 2 nitrogen and oxygen atoms in total. The summed E-state index contributed by atoms with van der Waals surface area (Å²) in [7, 11) is 0. The average molecular weight is 276 g/mol. The van der Waals surface area contributed by atoms with Crippen LogP contribution in [-0.4, -0.2) is 0 Å². The SMILES string of the molecule is CCCCCCCC(NN)c1cccc(CC(C)C)c1. The maximum atomic E-state index is 5.75. The second-order valence-corrected chi connectivity index (χ2v) is 6.27. The van der Waals surface area contributed by atoms with Crippen LogP contribution in [0.1, 0.15) is 76.5 Å². The molecule has 2 heteroatoms. The zero-order valence-corrected chi connectivity index (χ0v) is 13.5. The van der Waals surface area contributed by atoms with Crippen LogP contribution in [0.4, 0.5) is 0 Å². The van der Waals surface area contributed by atoms with Gasteiger partial charge in [-0.2, -0.15) is 0 Å². The second kappa shape index (κ2) is 9.95. The standard InChI is InChI=1S/C18H32N2/c1-4-5-6-7-8-12-18(20-19)17-11-9-10-16(14-17)13-15(2)3/h9-11,14-15,18,20H,4-8,12-13,19H2,1-3H3. The van der Waals surface area contributed by atoms with Crippen molar-refractivity contribution in [3.05, 3.63) is 35.4 Å². The predicted octanol–water partition coefficient (Wildman–Crippen LogP) is 4.75. The summed E-state index contributed by atoms with van der Waals surface area (Å²) in [5, 5.41) is 0. The number of unbranched alkanes of at least 4 members (excludes halogenated alkanes) is 4. The third kappa shape index (κ3) is 6.53. The minimum Gasteiger partial charge on any atom is -0.271 e. The Bertz CT molecular complexity index is 360. The molecule has 1 aromatic carbocycles. The Morgan fingerprint density at radius 2 is 1.85 bits per heavy atom. The van der Waals surface area contributed by atoms with Crippen molar-refractivity contribution in [3.63, 3.8) is 0 Å². The lowest BCUT2D eigenvalue weighted by Crippen LogP contribution is -2.28. The van der Waals surface area contributed by atoms with Crippen LogP contribution in [0.15, 0.2) is 24.3 Å². The van der Waals surface area contributed by atoms with E-state index in [9.17, 15) is 0 Å². The van der Waals surface area contributed by atoms with Gasteiger partial charge in [-0.1, -0.05) is 77.1 Å². The molecular weight excluding hydrogens is 244 g/mol. The maximum Gasteiger partial charge on any atom is 0.0460 e. The monoisotopic (exact) mass is 276 g/mol. The first kappa shape index (κ1) is 17.2. The lowest BCUT2D eigenvalue weighted by Gasteiger charge is -2.17. The van der Waals surface area contributed by atoms with Gasteiger partial charge in [0.2, 0.25) is 0 Å². The van der Waals surface area contributed by atoms with Crippen molar-refractivity contribution in [2.45, 2.75) is 71.8 Å². The van der Waals surface area contributed by atoms with Crippen molar-refractivity contribution in [1.29, 1.82) is 0 Å². The number of nitrogens with one attached hydrogen (secondary N) is 1. The summed E-state index contributed by atoms with van der Waals surface area (Å²) in [6.07, 6.45) is 8.84. The van der Waals surface area contributed by atoms with E-state index in [2.05, 4.69) is 50.5 Å². The highest BCUT2D eigenvalue weighted by Gasteiger charge is 2.10. The third-order valence-corrected chi connectivity index (χ3v) is 3.79. The quantitative estimate of drug-likeness (QED) is 0.368. The molecule has 1 atom stereocenters. The summed E-state index contributed by atoms with van der Waals surface area (Å²) in [6, 6.07) is 9.19. The Balaban J connectivity index is 2.51. The van der Waals surface area contributed by atoms with Crippen molar-refractivity contribution < 1.29 is 0 Å². The van der Waals surface area contributed by atoms with E-state index < -0.39 is 0 Å². The van der Waals surface area contributed by atoms with E-state index in [-0.39, 0.29) is 0 Å². The molecule has 1 unspecified atom stereocenters. The first-order chi connectivity index (χ1) is 9.67. The lowest BCUT2D eigenvalue weighted by atomic mass is 9.96. The van der Waals surface area contributed by atoms with Crippen molar-refractivity contribution in [1.82, 2.24) is 5.43 Å². The Labute approximate surface area is 125 Å². The second-order valence-electron chi connectivity index (χ2n) is 6.27. The molecule has 0 aliphatic carbocycles. The molecule has 0 fully saturated rings. The molecule has 0 bridgehead atoms. The number of hydrogen-bond acceptors (Lipinski definition) is 2. The van der Waals surface area contributed by atoms with Gasteiger partial charge in [-0.25, -0.2) is 0 Å². The Hall–Kier alpha value is -0.860. The molecule has 0 saturated carbocycles. The molecule has 0 saturated heterocycles. The number of nitrogens with two attached hydrogens (primary N) is 1. The van der Waals surface area contributed by atoms with E-state index >= 15 is 0 Å². The fourth-order valence-corrected chi connectivity index (χ4v) is 2.71. The molecule has 0 aliphatic rings. The number of hydrazine groups is 1. The fourth-order valence-electron chi connectivity index (χ4n) is 2.71. The van der Waals surface area contributed by atoms with Gasteiger partial charge in [-0.05, 0) is 29.9 Å². The van der Waals surface area contributed by atoms with Crippen LogP contribution in [0, 0.1) is 5.92 Å². The van der Waals surface area contributed by atoms with Crippen molar-refractivity contribution in [2.75, 3.05) is 0 Å². The van der Waals surface area contributed by atoms with E-state index in [1.54, 1.807) is 0 Å². The van der Waals surface area contributed by atoms with E-state index in [1.807, 2.05) is 0 Å². The van der Waals surface area contributed by atoms with Crippen LogP contribution in [0.5, 0.6) is 0 Å². The molecule has 0 spiro atoms. The summed E-state index contributed by atoms with van der Waals surface area (Å²) in [4.78, 5) is 0. The highest BCUT2D eigenvalue weighted by molar-refractivity contribution is 5.26. The van der Waals surface area contributed by atoms with Crippen LogP contribution in [-0.2, 0) is 6.42 Å². The third-order valence-electron chi connectivity index (χ3n) is 3.79. The molecular formula is C18H32N2. The Morgan fingerprint density at radius 3 is 2.50 bits per heavy atom. The molecule has 0 aliphatic heterocycles. The maximum absolute atomic E-state index is 5.75. The summed E-state index contributed by atoms with van der Waals surface area (Å²) in [6.45, 7) is 6.78. The fraction of sp³-hybridized carbons (Fsp3) is 0.667. The first-order valence-electron chi connectivity index (χ1n) is 8.22. The summed E-state index contributed by atoms with van der Waals surface area (Å²) >= 11 is 0. The van der Waals surface area contributed by atoms with Crippen LogP contribution in [0.3, 0.4) is 0 Å². The zero-order valence-electron chi connectivity index (χ0n) is 13.5. The topological polar surface area (TPSA) is 38.0 Å². The summed E-state index contributed by atoms with van der Waals surface area (Å²) in [5.41, 5.74) is 5.74.